The number of hydrogen-bond donors (Lipinski definition) is 3. The van der Waals surface area contributed by atoms with Gasteiger partial charge in [0, 0.05) is 38.2 Å². The van der Waals surface area contributed by atoms with Crippen molar-refractivity contribution in [2.24, 2.45) is 4.99 Å². The van der Waals surface area contributed by atoms with Crippen molar-refractivity contribution in [3.05, 3.63) is 41.4 Å². The van der Waals surface area contributed by atoms with Gasteiger partial charge in [-0.15, -0.1) is 0 Å². The summed E-state index contributed by atoms with van der Waals surface area (Å²) in [5.74, 6) is 2.23. The van der Waals surface area contributed by atoms with Gasteiger partial charge in [-0.25, -0.2) is 4.98 Å². The summed E-state index contributed by atoms with van der Waals surface area (Å²) in [6, 6.07) is 5.68. The number of hydrogen-bond acceptors (Lipinski definition) is 5. The third kappa shape index (κ3) is 6.68. The Balaban J connectivity index is 1.72. The molecule has 28 heavy (non-hydrogen) atoms. The highest BCUT2D eigenvalue weighted by Crippen LogP contribution is 2.22. The number of anilines is 1. The van der Waals surface area contributed by atoms with Crippen molar-refractivity contribution < 1.29 is 9.32 Å². The Morgan fingerprint density at radius 3 is 2.68 bits per heavy atom. The van der Waals surface area contributed by atoms with E-state index in [1.54, 1.807) is 19.3 Å². The third-order valence-corrected chi connectivity index (χ3v) is 4.46. The highest BCUT2D eigenvalue weighted by atomic mass is 16.5. The van der Waals surface area contributed by atoms with Gasteiger partial charge >= 0.3 is 0 Å². The van der Waals surface area contributed by atoms with E-state index in [0.29, 0.717) is 37.2 Å². The number of aryl methyl sites for hydroxylation is 1. The zero-order valence-corrected chi connectivity index (χ0v) is 17.1. The molecule has 2 heterocycles. The number of amides is 1. The molecule has 2 aromatic heterocycles. The average Bonchev–Trinajstić information content (AvgIpc) is 3.16. The van der Waals surface area contributed by atoms with E-state index in [4.69, 9.17) is 4.52 Å². The molecule has 0 fully saturated rings. The SMILES string of the molecule is CCC(CC)c1cc(CNC(=NC)NCCC(=O)Nc2ccc(C)cn2)on1. The van der Waals surface area contributed by atoms with Crippen LogP contribution < -0.4 is 16.0 Å². The summed E-state index contributed by atoms with van der Waals surface area (Å²) in [6.07, 6.45) is 4.10. The van der Waals surface area contributed by atoms with Crippen LogP contribution in [0.2, 0.25) is 0 Å². The van der Waals surface area contributed by atoms with Crippen molar-refractivity contribution in [2.75, 3.05) is 18.9 Å². The van der Waals surface area contributed by atoms with Crippen LogP contribution in [0, 0.1) is 6.92 Å². The zero-order valence-electron chi connectivity index (χ0n) is 17.1. The molecule has 0 atom stereocenters. The molecule has 2 rings (SSSR count). The lowest BCUT2D eigenvalue weighted by atomic mass is 9.99. The van der Waals surface area contributed by atoms with Crippen LogP contribution in [0.25, 0.3) is 0 Å². The first-order valence-corrected chi connectivity index (χ1v) is 9.68. The summed E-state index contributed by atoms with van der Waals surface area (Å²) < 4.78 is 5.40. The molecule has 0 bridgehead atoms. The fourth-order valence-electron chi connectivity index (χ4n) is 2.74. The molecule has 152 valence electrons. The van der Waals surface area contributed by atoms with Crippen LogP contribution >= 0.6 is 0 Å². The molecule has 0 spiro atoms. The Bertz CT molecular complexity index is 765. The summed E-state index contributed by atoms with van der Waals surface area (Å²) in [4.78, 5) is 20.3. The van der Waals surface area contributed by atoms with Crippen molar-refractivity contribution in [3.63, 3.8) is 0 Å². The summed E-state index contributed by atoms with van der Waals surface area (Å²) in [6.45, 7) is 7.18. The lowest BCUT2D eigenvalue weighted by Crippen LogP contribution is -2.38. The van der Waals surface area contributed by atoms with Crippen LogP contribution in [0.1, 0.15) is 56.0 Å². The predicted octanol–water partition coefficient (Wildman–Crippen LogP) is 2.98. The smallest absolute Gasteiger partial charge is 0.227 e. The van der Waals surface area contributed by atoms with Crippen LogP contribution in [-0.2, 0) is 11.3 Å². The van der Waals surface area contributed by atoms with Gasteiger partial charge in [-0.1, -0.05) is 25.1 Å². The quantitative estimate of drug-likeness (QED) is 0.452. The molecule has 8 nitrogen and oxygen atoms in total. The molecule has 0 aliphatic rings. The maximum Gasteiger partial charge on any atom is 0.227 e. The first kappa shape index (κ1) is 21.4. The van der Waals surface area contributed by atoms with Gasteiger partial charge in [0.25, 0.3) is 0 Å². The van der Waals surface area contributed by atoms with Gasteiger partial charge in [0.05, 0.1) is 12.2 Å². The van der Waals surface area contributed by atoms with Gasteiger partial charge in [-0.05, 0) is 31.4 Å². The Hall–Kier alpha value is -2.90. The van der Waals surface area contributed by atoms with Crippen LogP contribution in [0.15, 0.2) is 33.9 Å². The highest BCUT2D eigenvalue weighted by Gasteiger charge is 2.13. The minimum atomic E-state index is -0.107. The second kappa shape index (κ2) is 11.1. The molecule has 8 heteroatoms. The molecule has 0 aliphatic carbocycles. The van der Waals surface area contributed by atoms with Gasteiger partial charge in [-0.3, -0.25) is 9.79 Å². The Morgan fingerprint density at radius 2 is 2.04 bits per heavy atom. The number of rotatable bonds is 9. The van der Waals surface area contributed by atoms with Crippen LogP contribution in [-0.4, -0.2) is 35.6 Å². The average molecular weight is 387 g/mol. The molecular formula is C20H30N6O2. The van der Waals surface area contributed by atoms with Gasteiger partial charge in [-0.2, -0.15) is 0 Å². The van der Waals surface area contributed by atoms with E-state index >= 15 is 0 Å². The zero-order chi connectivity index (χ0) is 20.4. The largest absolute Gasteiger partial charge is 0.359 e. The van der Waals surface area contributed by atoms with E-state index in [2.05, 4.69) is 44.9 Å². The Morgan fingerprint density at radius 1 is 1.25 bits per heavy atom. The molecule has 0 aliphatic heterocycles. The van der Waals surface area contributed by atoms with E-state index in [1.807, 2.05) is 19.1 Å². The first-order chi connectivity index (χ1) is 13.5. The van der Waals surface area contributed by atoms with E-state index < -0.39 is 0 Å². The normalized spacial score (nSPS) is 11.5. The second-order valence-electron chi connectivity index (χ2n) is 6.60. The first-order valence-electron chi connectivity index (χ1n) is 9.68. The molecule has 0 aromatic carbocycles. The molecule has 2 aromatic rings. The number of pyridine rings is 1. The molecule has 0 unspecified atom stereocenters. The number of nitrogens with zero attached hydrogens (tertiary/aromatic N) is 3. The minimum absolute atomic E-state index is 0.107. The monoisotopic (exact) mass is 386 g/mol. The molecular weight excluding hydrogens is 356 g/mol. The summed E-state index contributed by atoms with van der Waals surface area (Å²) in [5, 5.41) is 13.2. The molecule has 3 N–H and O–H groups in total. The summed E-state index contributed by atoms with van der Waals surface area (Å²) >= 11 is 0. The molecule has 1 amide bonds. The van der Waals surface area contributed by atoms with Crippen molar-refractivity contribution in [1.82, 2.24) is 20.8 Å². The van der Waals surface area contributed by atoms with Gasteiger partial charge in [0.2, 0.25) is 5.91 Å². The van der Waals surface area contributed by atoms with Crippen LogP contribution in [0.5, 0.6) is 0 Å². The van der Waals surface area contributed by atoms with Crippen molar-refractivity contribution in [2.45, 2.75) is 52.5 Å². The van der Waals surface area contributed by atoms with Gasteiger partial charge in [0.15, 0.2) is 11.7 Å². The minimum Gasteiger partial charge on any atom is -0.359 e. The fraction of sp³-hybridized carbons (Fsp3) is 0.500. The summed E-state index contributed by atoms with van der Waals surface area (Å²) in [7, 11) is 1.68. The van der Waals surface area contributed by atoms with Crippen LogP contribution in [0.3, 0.4) is 0 Å². The Kier molecular flexibility index (Phi) is 8.45. The van der Waals surface area contributed by atoms with Gasteiger partial charge < -0.3 is 20.5 Å². The standard InChI is InChI=1S/C20H30N6O2/c1-5-15(6-2)17-11-16(28-26-17)13-24-20(21-4)22-10-9-19(27)25-18-8-7-14(3)12-23-18/h7-8,11-12,15H,5-6,9-10,13H2,1-4H3,(H2,21,22,24)(H,23,25,27). The van der Waals surface area contributed by atoms with Crippen molar-refractivity contribution in [1.29, 1.82) is 0 Å². The lowest BCUT2D eigenvalue weighted by Gasteiger charge is -2.10. The maximum absolute atomic E-state index is 12.0. The van der Waals surface area contributed by atoms with E-state index in [-0.39, 0.29) is 5.91 Å². The Labute approximate surface area is 166 Å². The maximum atomic E-state index is 12.0. The van der Waals surface area contributed by atoms with E-state index in [9.17, 15) is 4.79 Å². The van der Waals surface area contributed by atoms with Crippen molar-refractivity contribution in [3.8, 4) is 0 Å². The predicted molar refractivity (Wildman–Crippen MR) is 110 cm³/mol. The number of aromatic nitrogens is 2. The van der Waals surface area contributed by atoms with Crippen LogP contribution in [0.4, 0.5) is 5.82 Å². The fourth-order valence-corrected chi connectivity index (χ4v) is 2.74. The molecule has 0 saturated carbocycles. The molecule has 0 radical (unpaired) electrons. The number of carbonyl (C=O) groups excluding carboxylic acids is 1. The molecule has 0 saturated heterocycles. The number of aliphatic imine (C=N–C) groups is 1. The summed E-state index contributed by atoms with van der Waals surface area (Å²) in [5.41, 5.74) is 2.04. The topological polar surface area (TPSA) is 104 Å². The number of carbonyl (C=O) groups is 1. The van der Waals surface area contributed by atoms with E-state index in [0.717, 1.165) is 29.9 Å². The number of guanidine groups is 1. The van der Waals surface area contributed by atoms with Gasteiger partial charge in [0.1, 0.15) is 5.82 Å². The third-order valence-electron chi connectivity index (χ3n) is 4.46. The lowest BCUT2D eigenvalue weighted by molar-refractivity contribution is -0.116. The van der Waals surface area contributed by atoms with E-state index in [1.165, 1.54) is 0 Å². The number of nitrogens with one attached hydrogen (secondary N) is 3. The van der Waals surface area contributed by atoms with Crippen molar-refractivity contribution >= 4 is 17.7 Å². The highest BCUT2D eigenvalue weighted by molar-refractivity contribution is 5.90. The second-order valence-corrected chi connectivity index (χ2v) is 6.60.